The van der Waals surface area contributed by atoms with Crippen LogP contribution in [0.25, 0.3) is 0 Å². The largest absolute Gasteiger partial charge is 0.480 e. The van der Waals surface area contributed by atoms with Crippen LogP contribution in [0.3, 0.4) is 0 Å². The van der Waals surface area contributed by atoms with Crippen LogP contribution in [0.2, 0.25) is 0 Å². The Bertz CT molecular complexity index is 775. The predicted molar refractivity (Wildman–Crippen MR) is 90.6 cm³/mol. The molecule has 25 heavy (non-hydrogen) atoms. The summed E-state index contributed by atoms with van der Waals surface area (Å²) in [6, 6.07) is 4.78. The standard InChI is InChI=1S/C17H22N2O5S/c1-18-25(23,24)13-8-6-11(7-9-13)16(20)19-14-5-3-2-4-12(14)10-15(19)17(21)22/h6-9,12,14-15,18H,2-5,10H2,1H3,(H,21,22)/t12-,14-,15-/m0/s1. The number of likely N-dealkylation sites (tertiary alicyclic amines) is 1. The van der Waals surface area contributed by atoms with E-state index in [1.54, 1.807) is 0 Å². The molecule has 1 aromatic rings. The first-order valence-corrected chi connectivity index (χ1v) is 9.92. The van der Waals surface area contributed by atoms with E-state index < -0.39 is 22.0 Å². The quantitative estimate of drug-likeness (QED) is 0.839. The SMILES string of the molecule is CNS(=O)(=O)c1ccc(C(=O)N2[C@H](C(=O)O)C[C@@H]3CCCC[C@@H]32)cc1. The number of aliphatic carboxylic acids is 1. The maximum atomic E-state index is 12.9. The van der Waals surface area contributed by atoms with Crippen LogP contribution in [-0.4, -0.2) is 49.4 Å². The van der Waals surface area contributed by atoms with E-state index in [9.17, 15) is 23.1 Å². The van der Waals surface area contributed by atoms with Gasteiger partial charge in [0.25, 0.3) is 5.91 Å². The summed E-state index contributed by atoms with van der Waals surface area (Å²) in [6.07, 6.45) is 4.35. The second-order valence-electron chi connectivity index (χ2n) is 6.65. The van der Waals surface area contributed by atoms with Crippen LogP contribution in [0.4, 0.5) is 0 Å². The summed E-state index contributed by atoms with van der Waals surface area (Å²) in [5.41, 5.74) is 0.313. The van der Waals surface area contributed by atoms with Crippen molar-refractivity contribution in [2.75, 3.05) is 7.05 Å². The van der Waals surface area contributed by atoms with Gasteiger partial charge in [-0.3, -0.25) is 4.79 Å². The first-order chi connectivity index (χ1) is 11.8. The van der Waals surface area contributed by atoms with Crippen LogP contribution in [0.5, 0.6) is 0 Å². The number of nitrogens with one attached hydrogen (secondary N) is 1. The number of fused-ring (bicyclic) bond motifs is 1. The van der Waals surface area contributed by atoms with Gasteiger partial charge in [0.2, 0.25) is 10.0 Å². The smallest absolute Gasteiger partial charge is 0.326 e. The zero-order valence-corrected chi connectivity index (χ0v) is 14.8. The molecule has 3 atom stereocenters. The van der Waals surface area contributed by atoms with E-state index in [-0.39, 0.29) is 22.8 Å². The van der Waals surface area contributed by atoms with Gasteiger partial charge in [-0.25, -0.2) is 17.9 Å². The number of benzene rings is 1. The van der Waals surface area contributed by atoms with E-state index in [0.29, 0.717) is 12.0 Å². The minimum Gasteiger partial charge on any atom is -0.480 e. The van der Waals surface area contributed by atoms with Gasteiger partial charge in [0.05, 0.1) is 4.90 Å². The van der Waals surface area contributed by atoms with E-state index in [2.05, 4.69) is 4.72 Å². The van der Waals surface area contributed by atoms with E-state index in [4.69, 9.17) is 0 Å². The van der Waals surface area contributed by atoms with Gasteiger partial charge in [-0.05, 0) is 56.5 Å². The zero-order valence-electron chi connectivity index (χ0n) is 14.0. The van der Waals surface area contributed by atoms with Crippen molar-refractivity contribution in [3.63, 3.8) is 0 Å². The van der Waals surface area contributed by atoms with Gasteiger partial charge >= 0.3 is 5.97 Å². The predicted octanol–water partition coefficient (Wildman–Crippen LogP) is 1.45. The normalized spacial score (nSPS) is 26.3. The van der Waals surface area contributed by atoms with E-state index in [0.717, 1.165) is 25.7 Å². The molecule has 2 fully saturated rings. The van der Waals surface area contributed by atoms with Gasteiger partial charge < -0.3 is 10.0 Å². The summed E-state index contributed by atoms with van der Waals surface area (Å²) < 4.78 is 25.8. The molecule has 1 saturated heterocycles. The number of sulfonamides is 1. The highest BCUT2D eigenvalue weighted by Crippen LogP contribution is 2.40. The molecule has 1 aliphatic carbocycles. The highest BCUT2D eigenvalue weighted by Gasteiger charge is 2.47. The third-order valence-electron chi connectivity index (χ3n) is 5.29. The van der Waals surface area contributed by atoms with Crippen LogP contribution in [0.1, 0.15) is 42.5 Å². The molecule has 1 aliphatic heterocycles. The Morgan fingerprint density at radius 1 is 1.16 bits per heavy atom. The number of carbonyl (C=O) groups excluding carboxylic acids is 1. The highest BCUT2D eigenvalue weighted by atomic mass is 32.2. The average molecular weight is 366 g/mol. The van der Waals surface area contributed by atoms with Crippen molar-refractivity contribution in [1.82, 2.24) is 9.62 Å². The summed E-state index contributed by atoms with van der Waals surface area (Å²) in [4.78, 5) is 26.2. The van der Waals surface area contributed by atoms with Gasteiger partial charge in [0.15, 0.2) is 0 Å². The molecule has 0 aromatic heterocycles. The summed E-state index contributed by atoms with van der Waals surface area (Å²) in [7, 11) is -2.25. The van der Waals surface area contributed by atoms with E-state index in [1.807, 2.05) is 0 Å². The number of carboxylic acids is 1. The summed E-state index contributed by atoms with van der Waals surface area (Å²) in [5.74, 6) is -1.07. The lowest BCUT2D eigenvalue weighted by Gasteiger charge is -2.33. The highest BCUT2D eigenvalue weighted by molar-refractivity contribution is 7.89. The molecule has 0 radical (unpaired) electrons. The third kappa shape index (κ3) is 3.28. The van der Waals surface area contributed by atoms with Crippen LogP contribution < -0.4 is 4.72 Å². The van der Waals surface area contributed by atoms with Crippen molar-refractivity contribution < 1.29 is 23.1 Å². The second-order valence-corrected chi connectivity index (χ2v) is 8.53. The van der Waals surface area contributed by atoms with Gasteiger partial charge in [0, 0.05) is 11.6 Å². The lowest BCUT2D eigenvalue weighted by Crippen LogP contribution is -2.46. The molecular weight excluding hydrogens is 344 g/mol. The molecule has 1 aromatic carbocycles. The number of nitrogens with zero attached hydrogens (tertiary/aromatic N) is 1. The van der Waals surface area contributed by atoms with Gasteiger partial charge in [-0.15, -0.1) is 0 Å². The van der Waals surface area contributed by atoms with Gasteiger partial charge in [-0.2, -0.15) is 0 Å². The molecular formula is C17H22N2O5S. The lowest BCUT2D eigenvalue weighted by molar-refractivity contribution is -0.141. The molecule has 1 saturated carbocycles. The molecule has 7 nitrogen and oxygen atoms in total. The van der Waals surface area contributed by atoms with Crippen molar-refractivity contribution in [2.45, 2.75) is 49.1 Å². The summed E-state index contributed by atoms with van der Waals surface area (Å²) >= 11 is 0. The molecule has 8 heteroatoms. The number of carbonyl (C=O) groups is 2. The van der Waals surface area contributed by atoms with Crippen molar-refractivity contribution in [3.8, 4) is 0 Å². The fourth-order valence-corrected chi connectivity index (χ4v) is 4.75. The van der Waals surface area contributed by atoms with Crippen LogP contribution in [0.15, 0.2) is 29.2 Å². The molecule has 0 spiro atoms. The maximum Gasteiger partial charge on any atom is 0.326 e. The van der Waals surface area contributed by atoms with Gasteiger partial charge in [-0.1, -0.05) is 12.8 Å². The Labute approximate surface area is 147 Å². The number of carboxylic acid groups (broad SMARTS) is 1. The summed E-state index contributed by atoms with van der Waals surface area (Å²) in [6.45, 7) is 0. The van der Waals surface area contributed by atoms with Crippen molar-refractivity contribution in [3.05, 3.63) is 29.8 Å². The number of hydrogen-bond donors (Lipinski definition) is 2. The molecule has 2 aliphatic rings. The van der Waals surface area contributed by atoms with Gasteiger partial charge in [0.1, 0.15) is 6.04 Å². The molecule has 1 heterocycles. The minimum atomic E-state index is -3.57. The topological polar surface area (TPSA) is 104 Å². The number of amides is 1. The van der Waals surface area contributed by atoms with E-state index >= 15 is 0 Å². The van der Waals surface area contributed by atoms with Crippen molar-refractivity contribution in [1.29, 1.82) is 0 Å². The van der Waals surface area contributed by atoms with Crippen molar-refractivity contribution in [2.24, 2.45) is 5.92 Å². The first kappa shape index (κ1) is 17.9. The Morgan fingerprint density at radius 2 is 1.80 bits per heavy atom. The molecule has 3 rings (SSSR count). The maximum absolute atomic E-state index is 12.9. The Morgan fingerprint density at radius 3 is 2.40 bits per heavy atom. The molecule has 1 amide bonds. The van der Waals surface area contributed by atoms with E-state index in [1.165, 1.54) is 36.2 Å². The molecule has 2 N–H and O–H groups in total. The Hall–Kier alpha value is -1.93. The van der Waals surface area contributed by atoms with Crippen LogP contribution in [0, 0.1) is 5.92 Å². The fraction of sp³-hybridized carbons (Fsp3) is 0.529. The molecule has 0 unspecified atom stereocenters. The summed E-state index contributed by atoms with van der Waals surface area (Å²) in [5, 5.41) is 9.53. The minimum absolute atomic E-state index is 0.0388. The third-order valence-corrected chi connectivity index (χ3v) is 6.72. The van der Waals surface area contributed by atoms with Crippen molar-refractivity contribution >= 4 is 21.9 Å². The Balaban J connectivity index is 1.89. The molecule has 136 valence electrons. The number of rotatable bonds is 4. The average Bonchev–Trinajstić information content (AvgIpc) is 3.01. The van der Waals surface area contributed by atoms with Crippen LogP contribution in [-0.2, 0) is 14.8 Å². The Kier molecular flexibility index (Phi) is 4.83. The monoisotopic (exact) mass is 366 g/mol. The zero-order chi connectivity index (χ0) is 18.2. The first-order valence-electron chi connectivity index (χ1n) is 8.44. The van der Waals surface area contributed by atoms with Crippen LogP contribution >= 0.6 is 0 Å². The second kappa shape index (κ2) is 6.76. The lowest BCUT2D eigenvalue weighted by atomic mass is 9.84. The molecule has 0 bridgehead atoms. The number of hydrogen-bond acceptors (Lipinski definition) is 4. The fourth-order valence-electron chi connectivity index (χ4n) is 4.02.